The maximum absolute atomic E-state index is 11.8. The molecule has 4 nitrogen and oxygen atoms in total. The van der Waals surface area contributed by atoms with Crippen LogP contribution in [0.15, 0.2) is 24.3 Å². The Bertz CT molecular complexity index is 423. The predicted molar refractivity (Wildman–Crippen MR) is 80.3 cm³/mol. The molecule has 1 aliphatic carbocycles. The number of benzene rings is 1. The Morgan fingerprint density at radius 2 is 1.90 bits per heavy atom. The van der Waals surface area contributed by atoms with E-state index >= 15 is 0 Å². The van der Waals surface area contributed by atoms with E-state index in [1.807, 2.05) is 24.3 Å². The summed E-state index contributed by atoms with van der Waals surface area (Å²) >= 11 is 0. The zero-order valence-corrected chi connectivity index (χ0v) is 12.1. The molecule has 1 saturated carbocycles. The molecule has 1 aliphatic rings. The van der Waals surface area contributed by atoms with E-state index in [2.05, 4.69) is 12.2 Å². The van der Waals surface area contributed by atoms with Crippen molar-refractivity contribution in [3.8, 4) is 0 Å². The molecule has 2 rings (SSSR count). The van der Waals surface area contributed by atoms with E-state index in [0.29, 0.717) is 6.54 Å². The fourth-order valence-corrected chi connectivity index (χ4v) is 2.51. The molecule has 0 unspecified atom stereocenters. The van der Waals surface area contributed by atoms with Gasteiger partial charge in [-0.25, -0.2) is 0 Å². The van der Waals surface area contributed by atoms with Crippen molar-refractivity contribution in [2.45, 2.75) is 45.3 Å². The first-order valence-corrected chi connectivity index (χ1v) is 7.38. The third-order valence-corrected chi connectivity index (χ3v) is 3.89. The molecule has 1 aromatic carbocycles. The Kier molecular flexibility index (Phi) is 5.56. The second-order valence-corrected chi connectivity index (χ2v) is 5.64. The highest BCUT2D eigenvalue weighted by atomic mass is 16.5. The number of rotatable bonds is 5. The summed E-state index contributed by atoms with van der Waals surface area (Å²) in [5.74, 6) is 0.703. The molecule has 1 fully saturated rings. The lowest BCUT2D eigenvalue weighted by molar-refractivity contribution is -0.123. The summed E-state index contributed by atoms with van der Waals surface area (Å²) in [5, 5.41) is 2.84. The smallest absolute Gasteiger partial charge is 0.250 e. The first-order chi connectivity index (χ1) is 9.67. The molecular weight excluding hydrogens is 252 g/mol. The first-order valence-electron chi connectivity index (χ1n) is 7.38. The van der Waals surface area contributed by atoms with Gasteiger partial charge in [-0.15, -0.1) is 0 Å². The van der Waals surface area contributed by atoms with Crippen LogP contribution in [0.2, 0.25) is 0 Å². The van der Waals surface area contributed by atoms with Crippen molar-refractivity contribution in [1.82, 2.24) is 0 Å². The molecule has 0 bridgehead atoms. The Morgan fingerprint density at radius 1 is 1.25 bits per heavy atom. The molecule has 0 saturated heterocycles. The summed E-state index contributed by atoms with van der Waals surface area (Å²) in [7, 11) is 0. The highest BCUT2D eigenvalue weighted by Crippen LogP contribution is 2.25. The van der Waals surface area contributed by atoms with Crippen LogP contribution in [-0.2, 0) is 16.1 Å². The second-order valence-electron chi connectivity index (χ2n) is 5.64. The van der Waals surface area contributed by atoms with Gasteiger partial charge in [-0.1, -0.05) is 19.1 Å². The van der Waals surface area contributed by atoms with Crippen LogP contribution < -0.4 is 11.1 Å². The van der Waals surface area contributed by atoms with E-state index in [1.165, 1.54) is 12.8 Å². The maximum atomic E-state index is 11.8. The molecule has 0 heterocycles. The summed E-state index contributed by atoms with van der Waals surface area (Å²) in [4.78, 5) is 11.8. The molecular formula is C16H24N2O2. The zero-order valence-electron chi connectivity index (χ0n) is 12.1. The average Bonchev–Trinajstić information content (AvgIpc) is 2.47. The summed E-state index contributed by atoms with van der Waals surface area (Å²) in [6, 6.07) is 7.56. The summed E-state index contributed by atoms with van der Waals surface area (Å²) in [6.45, 7) is 2.92. The number of carbonyl (C=O) groups excluding carboxylic acids is 1. The van der Waals surface area contributed by atoms with Crippen LogP contribution in [0, 0.1) is 5.92 Å². The van der Waals surface area contributed by atoms with E-state index in [9.17, 15) is 4.79 Å². The zero-order chi connectivity index (χ0) is 14.4. The van der Waals surface area contributed by atoms with Gasteiger partial charge in [0.05, 0.1) is 6.10 Å². The van der Waals surface area contributed by atoms with Gasteiger partial charge in [0.1, 0.15) is 6.61 Å². The van der Waals surface area contributed by atoms with E-state index in [-0.39, 0.29) is 18.6 Å². The van der Waals surface area contributed by atoms with Gasteiger partial charge in [-0.2, -0.15) is 0 Å². The molecule has 0 atom stereocenters. The van der Waals surface area contributed by atoms with Gasteiger partial charge >= 0.3 is 0 Å². The second kappa shape index (κ2) is 7.41. The molecule has 20 heavy (non-hydrogen) atoms. The summed E-state index contributed by atoms with van der Waals surface area (Å²) in [5.41, 5.74) is 7.37. The van der Waals surface area contributed by atoms with E-state index in [1.54, 1.807) is 0 Å². The molecule has 0 aromatic heterocycles. The summed E-state index contributed by atoms with van der Waals surface area (Å²) < 4.78 is 5.68. The van der Waals surface area contributed by atoms with Crippen molar-refractivity contribution < 1.29 is 9.53 Å². The van der Waals surface area contributed by atoms with Crippen molar-refractivity contribution >= 4 is 11.6 Å². The first kappa shape index (κ1) is 15.0. The standard InChI is InChI=1S/C16H24N2O2/c1-12-2-8-15(9-3-12)20-11-16(19)18-14-6-4-13(10-17)5-7-14/h4-7,12,15H,2-3,8-11,17H2,1H3,(H,18,19). The number of amides is 1. The van der Waals surface area contributed by atoms with Gasteiger partial charge in [0.2, 0.25) is 5.91 Å². The predicted octanol–water partition coefficient (Wildman–Crippen LogP) is 2.68. The molecule has 3 N–H and O–H groups in total. The van der Waals surface area contributed by atoms with Gasteiger partial charge in [-0.05, 0) is 49.3 Å². The van der Waals surface area contributed by atoms with E-state index < -0.39 is 0 Å². The lowest BCUT2D eigenvalue weighted by atomic mass is 9.89. The topological polar surface area (TPSA) is 64.3 Å². The van der Waals surface area contributed by atoms with E-state index in [4.69, 9.17) is 10.5 Å². The molecule has 0 radical (unpaired) electrons. The Labute approximate surface area is 120 Å². The number of carbonyl (C=O) groups is 1. The average molecular weight is 276 g/mol. The van der Waals surface area contributed by atoms with Crippen LogP contribution in [0.3, 0.4) is 0 Å². The van der Waals surface area contributed by atoms with E-state index in [0.717, 1.165) is 30.0 Å². The third-order valence-electron chi connectivity index (χ3n) is 3.89. The number of nitrogens with two attached hydrogens (primary N) is 1. The van der Waals surface area contributed by atoms with Gasteiger partial charge < -0.3 is 15.8 Å². The minimum Gasteiger partial charge on any atom is -0.368 e. The molecule has 0 spiro atoms. The van der Waals surface area contributed by atoms with Gasteiger partial charge in [0, 0.05) is 12.2 Å². The monoisotopic (exact) mass is 276 g/mol. The van der Waals surface area contributed by atoms with Crippen molar-refractivity contribution in [2.24, 2.45) is 11.7 Å². The molecule has 1 amide bonds. The number of anilines is 1. The Balaban J connectivity index is 1.72. The Hall–Kier alpha value is -1.39. The molecule has 110 valence electrons. The number of nitrogens with one attached hydrogen (secondary N) is 1. The highest BCUT2D eigenvalue weighted by molar-refractivity contribution is 5.91. The van der Waals surface area contributed by atoms with Gasteiger partial charge in [-0.3, -0.25) is 4.79 Å². The van der Waals surface area contributed by atoms with Gasteiger partial charge in [0.25, 0.3) is 0 Å². The maximum Gasteiger partial charge on any atom is 0.250 e. The highest BCUT2D eigenvalue weighted by Gasteiger charge is 2.19. The normalized spacial score (nSPS) is 22.5. The van der Waals surface area contributed by atoms with Crippen molar-refractivity contribution in [2.75, 3.05) is 11.9 Å². The van der Waals surface area contributed by atoms with Crippen molar-refractivity contribution in [3.63, 3.8) is 0 Å². The minimum absolute atomic E-state index is 0.0934. The van der Waals surface area contributed by atoms with Crippen LogP contribution in [0.4, 0.5) is 5.69 Å². The minimum atomic E-state index is -0.0934. The van der Waals surface area contributed by atoms with Crippen molar-refractivity contribution in [1.29, 1.82) is 0 Å². The van der Waals surface area contributed by atoms with Crippen LogP contribution in [0.1, 0.15) is 38.2 Å². The third kappa shape index (κ3) is 4.62. The van der Waals surface area contributed by atoms with Crippen LogP contribution in [-0.4, -0.2) is 18.6 Å². The van der Waals surface area contributed by atoms with Crippen molar-refractivity contribution in [3.05, 3.63) is 29.8 Å². The lowest BCUT2D eigenvalue weighted by Crippen LogP contribution is -2.26. The lowest BCUT2D eigenvalue weighted by Gasteiger charge is -2.25. The quantitative estimate of drug-likeness (QED) is 0.869. The number of hydrogen-bond donors (Lipinski definition) is 2. The van der Waals surface area contributed by atoms with Crippen LogP contribution >= 0.6 is 0 Å². The molecule has 0 aliphatic heterocycles. The molecule has 1 aromatic rings. The fourth-order valence-electron chi connectivity index (χ4n) is 2.51. The van der Waals surface area contributed by atoms with Crippen LogP contribution in [0.25, 0.3) is 0 Å². The van der Waals surface area contributed by atoms with Gasteiger partial charge in [0.15, 0.2) is 0 Å². The SMILES string of the molecule is CC1CCC(OCC(=O)Nc2ccc(CN)cc2)CC1. The number of hydrogen-bond acceptors (Lipinski definition) is 3. The fraction of sp³-hybridized carbons (Fsp3) is 0.562. The molecule has 4 heteroatoms. The Morgan fingerprint density at radius 3 is 2.50 bits per heavy atom. The summed E-state index contributed by atoms with van der Waals surface area (Å²) in [6.07, 6.45) is 4.79. The van der Waals surface area contributed by atoms with Crippen LogP contribution in [0.5, 0.6) is 0 Å². The largest absolute Gasteiger partial charge is 0.368 e. The number of ether oxygens (including phenoxy) is 1.